The number of thioether (sulfide) groups is 1. The second-order valence-corrected chi connectivity index (χ2v) is 6.98. The molecule has 1 atom stereocenters. The molecule has 6 heteroatoms. The van der Waals surface area contributed by atoms with Crippen LogP contribution in [0.25, 0.3) is 0 Å². The van der Waals surface area contributed by atoms with E-state index in [-0.39, 0.29) is 11.2 Å². The number of anilines is 1. The van der Waals surface area contributed by atoms with Gasteiger partial charge in [0.05, 0.1) is 25.2 Å². The molecule has 0 aliphatic heterocycles. The smallest absolute Gasteiger partial charge is 0.237 e. The van der Waals surface area contributed by atoms with E-state index in [1.54, 1.807) is 32.4 Å². The molecule has 2 aromatic rings. The third-order valence-electron chi connectivity index (χ3n) is 3.17. The lowest BCUT2D eigenvalue weighted by atomic mass is 10.2. The van der Waals surface area contributed by atoms with Crippen LogP contribution in [-0.2, 0) is 4.79 Å². The molecule has 0 heterocycles. The number of ether oxygens (including phenoxy) is 2. The van der Waals surface area contributed by atoms with Crippen molar-refractivity contribution in [3.63, 3.8) is 0 Å². The summed E-state index contributed by atoms with van der Waals surface area (Å²) >= 11 is 4.98. The van der Waals surface area contributed by atoms with E-state index in [9.17, 15) is 4.79 Å². The van der Waals surface area contributed by atoms with Crippen LogP contribution >= 0.6 is 27.7 Å². The van der Waals surface area contributed by atoms with E-state index >= 15 is 0 Å². The van der Waals surface area contributed by atoms with Crippen molar-refractivity contribution in [3.8, 4) is 11.5 Å². The number of hydrogen-bond donors (Lipinski definition) is 1. The zero-order valence-corrected chi connectivity index (χ0v) is 15.5. The van der Waals surface area contributed by atoms with E-state index in [2.05, 4.69) is 21.2 Å². The molecule has 0 bridgehead atoms. The van der Waals surface area contributed by atoms with Gasteiger partial charge in [-0.2, -0.15) is 0 Å². The molecule has 2 rings (SSSR count). The van der Waals surface area contributed by atoms with Crippen LogP contribution in [0.3, 0.4) is 0 Å². The summed E-state index contributed by atoms with van der Waals surface area (Å²) in [6.45, 7) is 1.87. The van der Waals surface area contributed by atoms with Crippen LogP contribution in [-0.4, -0.2) is 25.4 Å². The molecule has 0 radical (unpaired) electrons. The lowest BCUT2D eigenvalue weighted by molar-refractivity contribution is -0.115. The minimum Gasteiger partial charge on any atom is -0.497 e. The molecular weight excluding hydrogens is 378 g/mol. The first-order valence-corrected chi connectivity index (χ1v) is 8.66. The Kier molecular flexibility index (Phi) is 6.36. The molecule has 0 saturated carbocycles. The summed E-state index contributed by atoms with van der Waals surface area (Å²) in [4.78, 5) is 13.5. The van der Waals surface area contributed by atoms with Gasteiger partial charge in [0.15, 0.2) is 0 Å². The van der Waals surface area contributed by atoms with Gasteiger partial charge in [-0.1, -0.05) is 12.1 Å². The molecule has 1 unspecified atom stereocenters. The van der Waals surface area contributed by atoms with Gasteiger partial charge in [0, 0.05) is 15.4 Å². The number of methoxy groups -OCH3 is 2. The van der Waals surface area contributed by atoms with Gasteiger partial charge in [-0.15, -0.1) is 11.8 Å². The van der Waals surface area contributed by atoms with Crippen molar-refractivity contribution in [1.29, 1.82) is 0 Å². The molecule has 0 saturated heterocycles. The van der Waals surface area contributed by atoms with Crippen molar-refractivity contribution in [2.45, 2.75) is 17.1 Å². The Morgan fingerprint density at radius 2 is 1.91 bits per heavy atom. The number of amides is 1. The summed E-state index contributed by atoms with van der Waals surface area (Å²) in [6.07, 6.45) is 0. The summed E-state index contributed by atoms with van der Waals surface area (Å²) in [6, 6.07) is 13.1. The molecule has 1 amide bonds. The van der Waals surface area contributed by atoms with Crippen molar-refractivity contribution in [2.24, 2.45) is 0 Å². The van der Waals surface area contributed by atoms with Crippen molar-refractivity contribution in [2.75, 3.05) is 19.5 Å². The van der Waals surface area contributed by atoms with Crippen molar-refractivity contribution in [1.82, 2.24) is 0 Å². The minimum atomic E-state index is -0.260. The monoisotopic (exact) mass is 395 g/mol. The van der Waals surface area contributed by atoms with E-state index in [0.29, 0.717) is 17.2 Å². The molecule has 0 spiro atoms. The molecule has 2 aromatic carbocycles. The highest BCUT2D eigenvalue weighted by molar-refractivity contribution is 9.10. The molecule has 0 aliphatic rings. The van der Waals surface area contributed by atoms with Crippen LogP contribution in [0.15, 0.2) is 51.8 Å². The van der Waals surface area contributed by atoms with E-state index in [1.165, 1.54) is 11.8 Å². The number of rotatable bonds is 6. The highest BCUT2D eigenvalue weighted by Crippen LogP contribution is 2.33. The first kappa shape index (κ1) is 17.7. The van der Waals surface area contributed by atoms with Crippen molar-refractivity contribution in [3.05, 3.63) is 46.9 Å². The lowest BCUT2D eigenvalue weighted by Gasteiger charge is -2.15. The van der Waals surface area contributed by atoms with Gasteiger partial charge < -0.3 is 14.8 Å². The van der Waals surface area contributed by atoms with E-state index in [4.69, 9.17) is 9.47 Å². The summed E-state index contributed by atoms with van der Waals surface area (Å²) in [5.74, 6) is 1.15. The van der Waals surface area contributed by atoms with Gasteiger partial charge in [-0.25, -0.2) is 0 Å². The Morgan fingerprint density at radius 3 is 2.57 bits per heavy atom. The number of hydrogen-bond acceptors (Lipinski definition) is 4. The van der Waals surface area contributed by atoms with Crippen molar-refractivity contribution >= 4 is 39.3 Å². The third kappa shape index (κ3) is 4.65. The van der Waals surface area contributed by atoms with Crippen LogP contribution in [0.1, 0.15) is 6.92 Å². The van der Waals surface area contributed by atoms with Gasteiger partial charge in [-0.05, 0) is 47.1 Å². The molecule has 0 fully saturated rings. The second-order valence-electron chi connectivity index (χ2n) is 4.75. The SMILES string of the molecule is COc1ccc(OC)c(NC(=O)C(C)Sc2ccccc2Br)c1. The molecular formula is C17H18BrNO3S. The Hall–Kier alpha value is -1.66. The normalized spacial score (nSPS) is 11.7. The number of carbonyl (C=O) groups is 1. The summed E-state index contributed by atoms with van der Waals surface area (Å²) in [7, 11) is 3.15. The summed E-state index contributed by atoms with van der Waals surface area (Å²) in [5.41, 5.74) is 0.594. The number of nitrogens with one attached hydrogen (secondary N) is 1. The average molecular weight is 396 g/mol. The van der Waals surface area contributed by atoms with Gasteiger partial charge in [0.2, 0.25) is 5.91 Å². The van der Waals surface area contributed by atoms with Crippen LogP contribution in [0, 0.1) is 0 Å². The summed E-state index contributed by atoms with van der Waals surface area (Å²) in [5, 5.41) is 2.64. The van der Waals surface area contributed by atoms with E-state index in [1.807, 2.05) is 31.2 Å². The molecule has 0 aliphatic carbocycles. The fourth-order valence-corrected chi connectivity index (χ4v) is 3.38. The van der Waals surface area contributed by atoms with Crippen LogP contribution < -0.4 is 14.8 Å². The van der Waals surface area contributed by atoms with Gasteiger partial charge in [0.1, 0.15) is 11.5 Å². The van der Waals surface area contributed by atoms with Crippen LogP contribution in [0.2, 0.25) is 0 Å². The topological polar surface area (TPSA) is 47.6 Å². The Labute approximate surface area is 148 Å². The van der Waals surface area contributed by atoms with Gasteiger partial charge in [0.25, 0.3) is 0 Å². The lowest BCUT2D eigenvalue weighted by Crippen LogP contribution is -2.22. The summed E-state index contributed by atoms with van der Waals surface area (Å²) < 4.78 is 11.4. The van der Waals surface area contributed by atoms with E-state index < -0.39 is 0 Å². The average Bonchev–Trinajstić information content (AvgIpc) is 2.56. The van der Waals surface area contributed by atoms with Crippen LogP contribution in [0.4, 0.5) is 5.69 Å². The first-order valence-electron chi connectivity index (χ1n) is 6.99. The molecule has 1 N–H and O–H groups in total. The number of carbonyl (C=O) groups excluding carboxylic acids is 1. The predicted molar refractivity (Wildman–Crippen MR) is 97.6 cm³/mol. The molecule has 23 heavy (non-hydrogen) atoms. The fraction of sp³-hybridized carbons (Fsp3) is 0.235. The zero-order valence-electron chi connectivity index (χ0n) is 13.1. The maximum absolute atomic E-state index is 12.5. The first-order chi connectivity index (χ1) is 11.0. The molecule has 0 aromatic heterocycles. The zero-order chi connectivity index (χ0) is 16.8. The highest BCUT2D eigenvalue weighted by atomic mass is 79.9. The Balaban J connectivity index is 2.10. The molecule has 122 valence electrons. The fourth-order valence-electron chi connectivity index (χ4n) is 1.93. The number of benzene rings is 2. The number of halogens is 1. The maximum Gasteiger partial charge on any atom is 0.237 e. The van der Waals surface area contributed by atoms with Crippen molar-refractivity contribution < 1.29 is 14.3 Å². The molecule has 4 nitrogen and oxygen atoms in total. The van der Waals surface area contributed by atoms with Crippen LogP contribution in [0.5, 0.6) is 11.5 Å². The maximum atomic E-state index is 12.5. The highest BCUT2D eigenvalue weighted by Gasteiger charge is 2.17. The van der Waals surface area contributed by atoms with E-state index in [0.717, 1.165) is 9.37 Å². The standard InChI is InChI=1S/C17H18BrNO3S/c1-11(23-16-7-5-4-6-13(16)18)17(20)19-14-10-12(21-2)8-9-15(14)22-3/h4-11H,1-3H3,(H,19,20). The predicted octanol–water partition coefficient (Wildman–Crippen LogP) is 4.59. The minimum absolute atomic E-state index is 0.0997. The van der Waals surface area contributed by atoms with Gasteiger partial charge in [-0.3, -0.25) is 4.79 Å². The Bertz CT molecular complexity index is 693. The third-order valence-corrected chi connectivity index (χ3v) is 5.31. The van der Waals surface area contributed by atoms with Gasteiger partial charge >= 0.3 is 0 Å². The second kappa shape index (κ2) is 8.26. The largest absolute Gasteiger partial charge is 0.497 e. The quantitative estimate of drug-likeness (QED) is 0.726. The Morgan fingerprint density at radius 1 is 1.17 bits per heavy atom.